The number of hydroxylamine groups is 2. The lowest BCUT2D eigenvalue weighted by Gasteiger charge is -2.14. The highest BCUT2D eigenvalue weighted by molar-refractivity contribution is 7.10. The van der Waals surface area contributed by atoms with Crippen molar-refractivity contribution in [2.24, 2.45) is 11.7 Å². The standard InChI is InChI=1S/C17H20N2O3S/c1-11(16-3-2-8-23-16)22-14-6-4-12(5-7-14)15-9-13(15)10-19(21)17(18)20/h2-8,11,13,15,21H,9-10H2,1H3,(H2,18,20)/t11?,13-,15-/m0/s1. The molecule has 1 fully saturated rings. The average molecular weight is 332 g/mol. The quantitative estimate of drug-likeness (QED) is 0.624. The molecule has 1 unspecified atom stereocenters. The summed E-state index contributed by atoms with van der Waals surface area (Å²) in [5, 5.41) is 12.0. The largest absolute Gasteiger partial charge is 0.485 e. The first-order valence-electron chi connectivity index (χ1n) is 7.60. The minimum absolute atomic E-state index is 0.0352. The zero-order valence-corrected chi connectivity index (χ0v) is 13.7. The number of ether oxygens (including phenoxy) is 1. The molecule has 2 aromatic rings. The molecular weight excluding hydrogens is 312 g/mol. The molecule has 122 valence electrons. The van der Waals surface area contributed by atoms with Gasteiger partial charge in [0.15, 0.2) is 0 Å². The molecule has 5 nitrogen and oxygen atoms in total. The van der Waals surface area contributed by atoms with Crippen molar-refractivity contribution in [3.63, 3.8) is 0 Å². The van der Waals surface area contributed by atoms with Gasteiger partial charge in [-0.2, -0.15) is 0 Å². The van der Waals surface area contributed by atoms with E-state index in [2.05, 4.69) is 6.07 Å². The van der Waals surface area contributed by atoms with Crippen molar-refractivity contribution in [1.29, 1.82) is 0 Å². The third-order valence-corrected chi connectivity index (χ3v) is 5.18. The Morgan fingerprint density at radius 3 is 2.78 bits per heavy atom. The summed E-state index contributed by atoms with van der Waals surface area (Å²) in [6.45, 7) is 2.32. The number of urea groups is 1. The summed E-state index contributed by atoms with van der Waals surface area (Å²) >= 11 is 1.69. The number of primary amides is 1. The fourth-order valence-corrected chi connectivity index (χ4v) is 3.46. The topological polar surface area (TPSA) is 75.8 Å². The summed E-state index contributed by atoms with van der Waals surface area (Å²) in [4.78, 5) is 12.0. The lowest BCUT2D eigenvalue weighted by molar-refractivity contribution is -0.0431. The minimum Gasteiger partial charge on any atom is -0.485 e. The van der Waals surface area contributed by atoms with E-state index in [1.165, 1.54) is 10.4 Å². The second kappa shape index (κ2) is 6.60. The fourth-order valence-electron chi connectivity index (χ4n) is 2.75. The summed E-state index contributed by atoms with van der Waals surface area (Å²) in [6.07, 6.45) is 0.990. The summed E-state index contributed by atoms with van der Waals surface area (Å²) in [5.74, 6) is 1.48. The molecule has 0 spiro atoms. The summed E-state index contributed by atoms with van der Waals surface area (Å²) in [5.41, 5.74) is 6.22. The van der Waals surface area contributed by atoms with Gasteiger partial charge in [0.25, 0.3) is 0 Å². The fraction of sp³-hybridized carbons (Fsp3) is 0.353. The van der Waals surface area contributed by atoms with Crippen LogP contribution in [0.4, 0.5) is 4.79 Å². The molecule has 1 saturated carbocycles. The molecule has 3 atom stereocenters. The predicted octanol–water partition coefficient (Wildman–Crippen LogP) is 3.76. The van der Waals surface area contributed by atoms with Crippen LogP contribution >= 0.6 is 11.3 Å². The van der Waals surface area contributed by atoms with E-state index < -0.39 is 6.03 Å². The Kier molecular flexibility index (Phi) is 4.54. The third kappa shape index (κ3) is 3.83. The van der Waals surface area contributed by atoms with Crippen LogP contribution in [0.5, 0.6) is 5.75 Å². The highest BCUT2D eigenvalue weighted by Gasteiger charge is 2.39. The molecular formula is C17H20N2O3S. The monoisotopic (exact) mass is 332 g/mol. The Morgan fingerprint density at radius 1 is 1.43 bits per heavy atom. The smallest absolute Gasteiger partial charge is 0.338 e. The maximum absolute atomic E-state index is 10.8. The zero-order valence-electron chi connectivity index (χ0n) is 12.9. The van der Waals surface area contributed by atoms with Crippen LogP contribution in [-0.4, -0.2) is 22.8 Å². The van der Waals surface area contributed by atoms with E-state index in [0.29, 0.717) is 11.0 Å². The van der Waals surface area contributed by atoms with Crippen LogP contribution in [0.3, 0.4) is 0 Å². The van der Waals surface area contributed by atoms with E-state index in [1.807, 2.05) is 42.6 Å². The second-order valence-electron chi connectivity index (χ2n) is 5.87. The van der Waals surface area contributed by atoms with Crippen molar-refractivity contribution >= 4 is 17.4 Å². The molecule has 0 saturated heterocycles. The average Bonchev–Trinajstić information content (AvgIpc) is 3.07. The van der Waals surface area contributed by atoms with Gasteiger partial charge in [-0.25, -0.2) is 9.86 Å². The van der Waals surface area contributed by atoms with Crippen molar-refractivity contribution in [2.45, 2.75) is 25.4 Å². The van der Waals surface area contributed by atoms with Crippen LogP contribution in [-0.2, 0) is 0 Å². The number of rotatable bonds is 6. The number of hydrogen-bond acceptors (Lipinski definition) is 4. The molecule has 23 heavy (non-hydrogen) atoms. The van der Waals surface area contributed by atoms with Crippen molar-refractivity contribution in [1.82, 2.24) is 5.06 Å². The van der Waals surface area contributed by atoms with Gasteiger partial charge >= 0.3 is 6.03 Å². The van der Waals surface area contributed by atoms with Gasteiger partial charge < -0.3 is 10.5 Å². The van der Waals surface area contributed by atoms with Gasteiger partial charge in [-0.1, -0.05) is 18.2 Å². The van der Waals surface area contributed by atoms with Gasteiger partial charge in [-0.3, -0.25) is 5.21 Å². The molecule has 3 N–H and O–H groups in total. The predicted molar refractivity (Wildman–Crippen MR) is 88.7 cm³/mol. The third-order valence-electron chi connectivity index (χ3n) is 4.15. The molecule has 0 aliphatic heterocycles. The summed E-state index contributed by atoms with van der Waals surface area (Å²) < 4.78 is 5.94. The first kappa shape index (κ1) is 15.8. The Labute approximate surface area is 139 Å². The molecule has 6 heteroatoms. The van der Waals surface area contributed by atoms with Crippen LogP contribution in [0.2, 0.25) is 0 Å². The first-order chi connectivity index (χ1) is 11.0. The van der Waals surface area contributed by atoms with E-state index in [-0.39, 0.29) is 18.6 Å². The Hall–Kier alpha value is -2.05. The molecule has 0 radical (unpaired) electrons. The molecule has 0 bridgehead atoms. The summed E-state index contributed by atoms with van der Waals surface area (Å²) in [7, 11) is 0. The number of nitrogens with two attached hydrogens (primary N) is 1. The van der Waals surface area contributed by atoms with Gasteiger partial charge in [0, 0.05) is 4.88 Å². The van der Waals surface area contributed by atoms with Gasteiger partial charge in [0.1, 0.15) is 11.9 Å². The maximum atomic E-state index is 10.8. The number of benzene rings is 1. The van der Waals surface area contributed by atoms with Crippen molar-refractivity contribution in [3.05, 3.63) is 52.2 Å². The number of amides is 2. The first-order valence-corrected chi connectivity index (χ1v) is 8.48. The van der Waals surface area contributed by atoms with Crippen LogP contribution in [0, 0.1) is 5.92 Å². The second-order valence-corrected chi connectivity index (χ2v) is 6.85. The van der Waals surface area contributed by atoms with Crippen LogP contribution in [0.15, 0.2) is 41.8 Å². The molecule has 1 heterocycles. The van der Waals surface area contributed by atoms with Crippen molar-refractivity contribution < 1.29 is 14.7 Å². The number of carbonyl (C=O) groups excluding carboxylic acids is 1. The number of hydrogen-bond donors (Lipinski definition) is 2. The molecule has 1 aromatic heterocycles. The number of nitrogens with zero attached hydrogens (tertiary/aromatic N) is 1. The van der Waals surface area contributed by atoms with Crippen LogP contribution in [0.25, 0.3) is 0 Å². The number of thiophene rings is 1. The Bertz CT molecular complexity index is 657. The lowest BCUT2D eigenvalue weighted by Crippen LogP contribution is -2.34. The SMILES string of the molecule is CC(Oc1ccc([C@@H]2C[C@H]2CN(O)C(N)=O)cc1)c1cccs1. The number of carbonyl (C=O) groups is 1. The highest BCUT2D eigenvalue weighted by Crippen LogP contribution is 2.48. The normalized spacial score (nSPS) is 20.8. The van der Waals surface area contributed by atoms with Gasteiger partial charge in [-0.05, 0) is 54.3 Å². The molecule has 1 aliphatic rings. The van der Waals surface area contributed by atoms with Crippen molar-refractivity contribution in [3.8, 4) is 5.75 Å². The minimum atomic E-state index is -0.804. The van der Waals surface area contributed by atoms with E-state index in [4.69, 9.17) is 10.5 Å². The maximum Gasteiger partial charge on any atom is 0.338 e. The summed E-state index contributed by atoms with van der Waals surface area (Å²) in [6, 6.07) is 11.3. The molecule has 1 aliphatic carbocycles. The Balaban J connectivity index is 1.55. The van der Waals surface area contributed by atoms with Crippen molar-refractivity contribution in [2.75, 3.05) is 6.54 Å². The Morgan fingerprint density at radius 2 is 2.17 bits per heavy atom. The molecule has 2 amide bonds. The van der Waals surface area contributed by atoms with Crippen LogP contribution in [0.1, 0.15) is 35.8 Å². The van der Waals surface area contributed by atoms with Gasteiger partial charge in [-0.15, -0.1) is 11.3 Å². The lowest BCUT2D eigenvalue weighted by atomic mass is 10.1. The van der Waals surface area contributed by atoms with E-state index >= 15 is 0 Å². The zero-order chi connectivity index (χ0) is 16.4. The molecule has 1 aromatic carbocycles. The highest BCUT2D eigenvalue weighted by atomic mass is 32.1. The van der Waals surface area contributed by atoms with Gasteiger partial charge in [0.05, 0.1) is 6.54 Å². The van der Waals surface area contributed by atoms with E-state index in [1.54, 1.807) is 11.3 Å². The van der Waals surface area contributed by atoms with E-state index in [0.717, 1.165) is 12.2 Å². The van der Waals surface area contributed by atoms with Gasteiger partial charge in [0.2, 0.25) is 0 Å². The van der Waals surface area contributed by atoms with E-state index in [9.17, 15) is 10.0 Å². The molecule has 3 rings (SSSR count). The van der Waals surface area contributed by atoms with Crippen LogP contribution < -0.4 is 10.5 Å².